The summed E-state index contributed by atoms with van der Waals surface area (Å²) < 4.78 is 6.96. The van der Waals surface area contributed by atoms with E-state index in [4.69, 9.17) is 4.74 Å². The summed E-state index contributed by atoms with van der Waals surface area (Å²) in [5, 5.41) is 2.39. The van der Waals surface area contributed by atoms with Crippen molar-refractivity contribution in [2.24, 2.45) is 0 Å². The van der Waals surface area contributed by atoms with Gasteiger partial charge in [0.2, 0.25) is 0 Å². The van der Waals surface area contributed by atoms with Crippen molar-refractivity contribution in [1.82, 2.24) is 4.57 Å². The average Bonchev–Trinajstić information content (AvgIpc) is 2.70. The highest BCUT2D eigenvalue weighted by molar-refractivity contribution is 5.83. The Kier molecular flexibility index (Phi) is 4.28. The summed E-state index contributed by atoms with van der Waals surface area (Å²) in [6.07, 6.45) is 1.92. The fourth-order valence-corrected chi connectivity index (χ4v) is 3.14. The zero-order chi connectivity index (χ0) is 17.9. The first kappa shape index (κ1) is 16.2. The van der Waals surface area contributed by atoms with Gasteiger partial charge in [-0.15, -0.1) is 0 Å². The molecule has 0 radical (unpaired) electrons. The van der Waals surface area contributed by atoms with Crippen LogP contribution in [-0.2, 0) is 6.54 Å². The molecule has 1 aromatic heterocycles. The lowest BCUT2D eigenvalue weighted by Crippen LogP contribution is -2.19. The summed E-state index contributed by atoms with van der Waals surface area (Å²) in [7, 11) is 1.65. The average molecular weight is 341 g/mol. The van der Waals surface area contributed by atoms with Gasteiger partial charge in [-0.2, -0.15) is 0 Å². The van der Waals surface area contributed by atoms with Gasteiger partial charge >= 0.3 is 0 Å². The van der Waals surface area contributed by atoms with Gasteiger partial charge in [-0.25, -0.2) is 0 Å². The summed E-state index contributed by atoms with van der Waals surface area (Å²) in [6.45, 7) is 0.549. The van der Waals surface area contributed by atoms with Crippen molar-refractivity contribution in [1.29, 1.82) is 0 Å². The second kappa shape index (κ2) is 6.89. The van der Waals surface area contributed by atoms with Crippen LogP contribution in [0.2, 0.25) is 0 Å². The Hall–Kier alpha value is -3.33. The first-order chi connectivity index (χ1) is 12.7. The number of benzene rings is 3. The predicted octanol–water partition coefficient (Wildman–Crippen LogP) is 4.73. The number of ether oxygens (including phenoxy) is 1. The van der Waals surface area contributed by atoms with Crippen LogP contribution in [0.5, 0.6) is 5.75 Å². The zero-order valence-electron chi connectivity index (χ0n) is 14.6. The number of fused-ring (bicyclic) bond motifs is 1. The summed E-state index contributed by atoms with van der Waals surface area (Å²) in [5.41, 5.74) is 3.17. The summed E-state index contributed by atoms with van der Waals surface area (Å²) in [5.74, 6) is 0.818. The molecule has 0 bridgehead atoms. The highest BCUT2D eigenvalue weighted by Crippen LogP contribution is 2.22. The van der Waals surface area contributed by atoms with Crippen LogP contribution >= 0.6 is 0 Å². The number of pyridine rings is 1. The molecule has 0 aliphatic carbocycles. The van der Waals surface area contributed by atoms with E-state index < -0.39 is 0 Å². The van der Waals surface area contributed by atoms with E-state index in [1.165, 1.54) is 10.8 Å². The number of hydrogen-bond acceptors (Lipinski definition) is 2. The first-order valence-electron chi connectivity index (χ1n) is 8.55. The zero-order valence-corrected chi connectivity index (χ0v) is 14.6. The predicted molar refractivity (Wildman–Crippen MR) is 106 cm³/mol. The number of rotatable bonds is 4. The van der Waals surface area contributed by atoms with Crippen LogP contribution in [0.25, 0.3) is 21.9 Å². The minimum atomic E-state index is -0.00424. The molecule has 1 heterocycles. The molecule has 0 spiro atoms. The monoisotopic (exact) mass is 341 g/mol. The molecule has 0 atom stereocenters. The molecule has 0 saturated carbocycles. The molecule has 0 aliphatic heterocycles. The van der Waals surface area contributed by atoms with E-state index in [2.05, 4.69) is 30.3 Å². The van der Waals surface area contributed by atoms with Crippen molar-refractivity contribution < 1.29 is 4.74 Å². The molecule has 3 aromatic carbocycles. The van der Waals surface area contributed by atoms with Crippen LogP contribution in [0.3, 0.4) is 0 Å². The molecule has 4 rings (SSSR count). The van der Waals surface area contributed by atoms with E-state index >= 15 is 0 Å². The number of nitrogens with zero attached hydrogens (tertiary/aromatic N) is 1. The lowest BCUT2D eigenvalue weighted by molar-refractivity contribution is 0.415. The molecular formula is C23H19NO2. The Labute approximate surface area is 152 Å². The van der Waals surface area contributed by atoms with Gasteiger partial charge in [-0.3, -0.25) is 4.79 Å². The van der Waals surface area contributed by atoms with Gasteiger partial charge in [0.15, 0.2) is 0 Å². The summed E-state index contributed by atoms with van der Waals surface area (Å²) in [6, 6.07) is 25.9. The van der Waals surface area contributed by atoms with Gasteiger partial charge in [0.1, 0.15) is 5.75 Å². The Bertz CT molecular complexity index is 1110. The molecule has 3 heteroatoms. The van der Waals surface area contributed by atoms with Gasteiger partial charge in [0.25, 0.3) is 5.56 Å². The first-order valence-corrected chi connectivity index (χ1v) is 8.55. The SMILES string of the molecule is COc1ccc(-c2ccc(=O)n(Cc3ccc4ccccc4c3)c2)cc1. The fraction of sp³-hybridized carbons (Fsp3) is 0.0870. The number of methoxy groups -OCH3 is 1. The van der Waals surface area contributed by atoms with Crippen LogP contribution in [0.1, 0.15) is 5.56 Å². The van der Waals surface area contributed by atoms with Crippen LogP contribution in [-0.4, -0.2) is 11.7 Å². The van der Waals surface area contributed by atoms with Gasteiger partial charge in [0, 0.05) is 12.3 Å². The molecule has 3 nitrogen and oxygen atoms in total. The maximum atomic E-state index is 12.3. The maximum absolute atomic E-state index is 12.3. The van der Waals surface area contributed by atoms with E-state index in [0.717, 1.165) is 22.4 Å². The topological polar surface area (TPSA) is 31.2 Å². The molecule has 26 heavy (non-hydrogen) atoms. The van der Waals surface area contributed by atoms with Crippen LogP contribution < -0.4 is 10.3 Å². The lowest BCUT2D eigenvalue weighted by atomic mass is 10.1. The molecule has 4 aromatic rings. The molecule has 0 fully saturated rings. The third kappa shape index (κ3) is 3.24. The Morgan fingerprint density at radius 2 is 1.54 bits per heavy atom. The van der Waals surface area contributed by atoms with Crippen LogP contribution in [0, 0.1) is 0 Å². The van der Waals surface area contributed by atoms with Gasteiger partial charge in [0.05, 0.1) is 13.7 Å². The van der Waals surface area contributed by atoms with E-state index in [1.807, 2.05) is 48.7 Å². The minimum Gasteiger partial charge on any atom is -0.497 e. The Morgan fingerprint density at radius 1 is 0.808 bits per heavy atom. The van der Waals surface area contributed by atoms with E-state index in [-0.39, 0.29) is 5.56 Å². The quantitative estimate of drug-likeness (QED) is 0.537. The van der Waals surface area contributed by atoms with Crippen LogP contribution in [0.4, 0.5) is 0 Å². The van der Waals surface area contributed by atoms with Crippen molar-refractivity contribution in [3.63, 3.8) is 0 Å². The molecule has 0 aliphatic rings. The second-order valence-electron chi connectivity index (χ2n) is 6.29. The smallest absolute Gasteiger partial charge is 0.250 e. The fourth-order valence-electron chi connectivity index (χ4n) is 3.14. The summed E-state index contributed by atoms with van der Waals surface area (Å²) in [4.78, 5) is 12.3. The summed E-state index contributed by atoms with van der Waals surface area (Å²) >= 11 is 0. The van der Waals surface area contributed by atoms with E-state index in [0.29, 0.717) is 6.54 Å². The van der Waals surface area contributed by atoms with Gasteiger partial charge < -0.3 is 9.30 Å². The minimum absolute atomic E-state index is 0.00424. The lowest BCUT2D eigenvalue weighted by Gasteiger charge is -2.10. The standard InChI is InChI=1S/C23H19NO2/c1-26-22-11-8-19(9-12-22)21-10-13-23(25)24(16-21)15-17-6-7-18-4-2-3-5-20(18)14-17/h2-14,16H,15H2,1H3. The molecule has 128 valence electrons. The third-order valence-corrected chi connectivity index (χ3v) is 4.57. The Balaban J connectivity index is 1.67. The van der Waals surface area contributed by atoms with Crippen LogP contribution in [0.15, 0.2) is 89.9 Å². The maximum Gasteiger partial charge on any atom is 0.250 e. The van der Waals surface area contributed by atoms with Crippen molar-refractivity contribution in [3.05, 3.63) is 101 Å². The molecule has 0 saturated heterocycles. The molecule has 0 amide bonds. The number of aromatic nitrogens is 1. The second-order valence-corrected chi connectivity index (χ2v) is 6.29. The van der Waals surface area contributed by atoms with E-state index in [1.54, 1.807) is 17.7 Å². The van der Waals surface area contributed by atoms with Crippen molar-refractivity contribution in [2.45, 2.75) is 6.54 Å². The highest BCUT2D eigenvalue weighted by Gasteiger charge is 2.04. The normalized spacial score (nSPS) is 10.8. The van der Waals surface area contributed by atoms with Gasteiger partial charge in [-0.1, -0.05) is 48.5 Å². The number of hydrogen-bond donors (Lipinski definition) is 0. The third-order valence-electron chi connectivity index (χ3n) is 4.57. The van der Waals surface area contributed by atoms with Gasteiger partial charge in [-0.05, 0) is 51.7 Å². The largest absolute Gasteiger partial charge is 0.497 e. The molecule has 0 N–H and O–H groups in total. The van der Waals surface area contributed by atoms with Crippen molar-refractivity contribution >= 4 is 10.8 Å². The molecule has 0 unspecified atom stereocenters. The van der Waals surface area contributed by atoms with Crippen molar-refractivity contribution in [2.75, 3.05) is 7.11 Å². The highest BCUT2D eigenvalue weighted by atomic mass is 16.5. The molecular weight excluding hydrogens is 322 g/mol. The Morgan fingerprint density at radius 3 is 2.31 bits per heavy atom. The van der Waals surface area contributed by atoms with Crippen molar-refractivity contribution in [3.8, 4) is 16.9 Å². The van der Waals surface area contributed by atoms with E-state index in [9.17, 15) is 4.79 Å².